The average Bonchev–Trinajstić information content (AvgIpc) is 2.79. The number of nitrogens with one attached hydrogen (secondary N) is 2. The summed E-state index contributed by atoms with van der Waals surface area (Å²) < 4.78 is 5.76. The molecule has 0 aromatic heterocycles. The summed E-state index contributed by atoms with van der Waals surface area (Å²) in [7, 11) is 0. The fourth-order valence-corrected chi connectivity index (χ4v) is 2.88. The summed E-state index contributed by atoms with van der Waals surface area (Å²) in [4.78, 5) is 24.4. The molecule has 0 aliphatic heterocycles. The molecule has 0 bridgehead atoms. The van der Waals surface area contributed by atoms with Crippen LogP contribution in [-0.4, -0.2) is 25.0 Å². The second-order valence-electron chi connectivity index (χ2n) is 6.90. The van der Waals surface area contributed by atoms with Crippen molar-refractivity contribution in [1.82, 2.24) is 5.32 Å². The van der Waals surface area contributed by atoms with E-state index in [1.807, 2.05) is 25.1 Å². The maximum Gasteiger partial charge on any atom is 0.255 e. The highest BCUT2D eigenvalue weighted by Crippen LogP contribution is 2.15. The van der Waals surface area contributed by atoms with Gasteiger partial charge in [-0.25, -0.2) is 0 Å². The van der Waals surface area contributed by atoms with Crippen molar-refractivity contribution >= 4 is 17.5 Å². The summed E-state index contributed by atoms with van der Waals surface area (Å²) in [5, 5.41) is 5.67. The predicted molar refractivity (Wildman–Crippen MR) is 119 cm³/mol. The molecule has 0 saturated carbocycles. The molecule has 154 valence electrons. The number of amides is 2. The Balaban J connectivity index is 1.50. The second-order valence-corrected chi connectivity index (χ2v) is 6.90. The van der Waals surface area contributed by atoms with E-state index in [4.69, 9.17) is 4.74 Å². The van der Waals surface area contributed by atoms with E-state index in [1.165, 1.54) is 5.56 Å². The van der Waals surface area contributed by atoms with Crippen LogP contribution in [0, 0.1) is 0 Å². The van der Waals surface area contributed by atoms with Crippen LogP contribution in [0.3, 0.4) is 0 Å². The molecule has 0 aliphatic carbocycles. The molecule has 0 atom stereocenters. The molecule has 2 N–H and O–H groups in total. The van der Waals surface area contributed by atoms with E-state index >= 15 is 0 Å². The first kappa shape index (κ1) is 21.1. The van der Waals surface area contributed by atoms with Gasteiger partial charge in [-0.2, -0.15) is 0 Å². The number of carbonyl (C=O) groups is 2. The zero-order chi connectivity index (χ0) is 21.2. The van der Waals surface area contributed by atoms with Gasteiger partial charge in [-0.15, -0.1) is 0 Å². The Labute approximate surface area is 177 Å². The maximum atomic E-state index is 12.5. The third-order valence-corrected chi connectivity index (χ3v) is 4.56. The van der Waals surface area contributed by atoms with E-state index in [0.717, 1.165) is 18.6 Å². The molecule has 0 radical (unpaired) electrons. The largest absolute Gasteiger partial charge is 0.493 e. The monoisotopic (exact) mass is 402 g/mol. The SMILES string of the molecule is CCCNC(=O)c1ccc(NC(=O)c2ccc(OCCc3ccccc3)cc2)cc1. The van der Waals surface area contributed by atoms with E-state index in [0.29, 0.717) is 30.0 Å². The molecule has 30 heavy (non-hydrogen) atoms. The molecular weight excluding hydrogens is 376 g/mol. The average molecular weight is 402 g/mol. The number of anilines is 1. The molecule has 3 aromatic rings. The summed E-state index contributed by atoms with van der Waals surface area (Å²) in [6.07, 6.45) is 1.71. The van der Waals surface area contributed by atoms with Crippen LogP contribution in [0.1, 0.15) is 39.6 Å². The van der Waals surface area contributed by atoms with Gasteiger partial charge in [0.1, 0.15) is 5.75 Å². The molecular formula is C25H26N2O3. The van der Waals surface area contributed by atoms with Crippen LogP contribution in [0.5, 0.6) is 5.75 Å². The van der Waals surface area contributed by atoms with Crippen LogP contribution in [0.15, 0.2) is 78.9 Å². The molecule has 5 nitrogen and oxygen atoms in total. The number of rotatable bonds is 9. The highest BCUT2D eigenvalue weighted by atomic mass is 16.5. The second kappa shape index (κ2) is 10.8. The van der Waals surface area contributed by atoms with Gasteiger partial charge >= 0.3 is 0 Å². The lowest BCUT2D eigenvalue weighted by Gasteiger charge is -2.09. The first-order valence-corrected chi connectivity index (χ1v) is 10.1. The standard InChI is InChI=1S/C25H26N2O3/c1-2-17-26-24(28)20-8-12-22(13-9-20)27-25(29)21-10-14-23(15-11-21)30-18-16-19-6-4-3-5-7-19/h3-15H,2,16-18H2,1H3,(H,26,28)(H,27,29). The fraction of sp³-hybridized carbons (Fsp3) is 0.200. The molecule has 0 aliphatic rings. The zero-order valence-electron chi connectivity index (χ0n) is 17.1. The van der Waals surface area contributed by atoms with Crippen LogP contribution in [0.25, 0.3) is 0 Å². The first-order valence-electron chi connectivity index (χ1n) is 10.1. The number of ether oxygens (including phenoxy) is 1. The van der Waals surface area contributed by atoms with E-state index in [1.54, 1.807) is 48.5 Å². The van der Waals surface area contributed by atoms with E-state index in [-0.39, 0.29) is 11.8 Å². The van der Waals surface area contributed by atoms with Crippen molar-refractivity contribution in [3.63, 3.8) is 0 Å². The van der Waals surface area contributed by atoms with Gasteiger partial charge in [0.25, 0.3) is 11.8 Å². The highest BCUT2D eigenvalue weighted by Gasteiger charge is 2.08. The lowest BCUT2D eigenvalue weighted by molar-refractivity contribution is 0.0953. The summed E-state index contributed by atoms with van der Waals surface area (Å²) in [6, 6.07) is 24.1. The van der Waals surface area contributed by atoms with Gasteiger partial charge in [0, 0.05) is 29.8 Å². The number of benzene rings is 3. The minimum atomic E-state index is -0.214. The predicted octanol–water partition coefficient (Wildman–Crippen LogP) is 4.70. The summed E-state index contributed by atoms with van der Waals surface area (Å²) >= 11 is 0. The molecule has 0 saturated heterocycles. The smallest absolute Gasteiger partial charge is 0.255 e. The normalized spacial score (nSPS) is 10.3. The Kier molecular flexibility index (Phi) is 7.61. The fourth-order valence-electron chi connectivity index (χ4n) is 2.88. The van der Waals surface area contributed by atoms with Crippen molar-refractivity contribution < 1.29 is 14.3 Å². The van der Waals surface area contributed by atoms with Gasteiger partial charge in [-0.3, -0.25) is 9.59 Å². The molecule has 2 amide bonds. The topological polar surface area (TPSA) is 67.4 Å². The van der Waals surface area contributed by atoms with Crippen LogP contribution in [-0.2, 0) is 6.42 Å². The van der Waals surface area contributed by atoms with Crippen LogP contribution < -0.4 is 15.4 Å². The van der Waals surface area contributed by atoms with Crippen molar-refractivity contribution in [3.8, 4) is 5.75 Å². The van der Waals surface area contributed by atoms with Crippen LogP contribution >= 0.6 is 0 Å². The summed E-state index contributed by atoms with van der Waals surface area (Å²) in [5.74, 6) is 0.400. The van der Waals surface area contributed by atoms with E-state index in [9.17, 15) is 9.59 Å². The third kappa shape index (κ3) is 6.21. The Bertz CT molecular complexity index is 952. The number of hydrogen-bond donors (Lipinski definition) is 2. The van der Waals surface area contributed by atoms with E-state index < -0.39 is 0 Å². The Morgan fingerprint density at radius 2 is 1.43 bits per heavy atom. The Hall–Kier alpha value is -3.60. The number of hydrogen-bond acceptors (Lipinski definition) is 3. The maximum absolute atomic E-state index is 12.5. The van der Waals surface area contributed by atoms with Crippen LogP contribution in [0.4, 0.5) is 5.69 Å². The Morgan fingerprint density at radius 1 is 0.800 bits per heavy atom. The highest BCUT2D eigenvalue weighted by molar-refractivity contribution is 6.04. The lowest BCUT2D eigenvalue weighted by Crippen LogP contribution is -2.23. The number of carbonyl (C=O) groups excluding carboxylic acids is 2. The Morgan fingerprint density at radius 3 is 2.10 bits per heavy atom. The third-order valence-electron chi connectivity index (χ3n) is 4.56. The summed E-state index contributed by atoms with van der Waals surface area (Å²) in [5.41, 5.74) is 2.96. The van der Waals surface area contributed by atoms with Crippen LogP contribution in [0.2, 0.25) is 0 Å². The summed E-state index contributed by atoms with van der Waals surface area (Å²) in [6.45, 7) is 3.22. The molecule has 0 heterocycles. The lowest BCUT2D eigenvalue weighted by atomic mass is 10.1. The zero-order valence-corrected chi connectivity index (χ0v) is 17.1. The van der Waals surface area contributed by atoms with Crippen molar-refractivity contribution in [1.29, 1.82) is 0 Å². The van der Waals surface area contributed by atoms with Gasteiger partial charge in [0.2, 0.25) is 0 Å². The van der Waals surface area contributed by atoms with Gasteiger partial charge < -0.3 is 15.4 Å². The molecule has 0 spiro atoms. The molecule has 5 heteroatoms. The molecule has 3 aromatic carbocycles. The van der Waals surface area contributed by atoms with Gasteiger partial charge in [0.15, 0.2) is 0 Å². The van der Waals surface area contributed by atoms with Gasteiger partial charge in [-0.1, -0.05) is 37.3 Å². The van der Waals surface area contributed by atoms with Crippen molar-refractivity contribution in [2.45, 2.75) is 19.8 Å². The molecule has 0 fully saturated rings. The minimum Gasteiger partial charge on any atom is -0.493 e. The molecule has 0 unspecified atom stereocenters. The minimum absolute atomic E-state index is 0.113. The van der Waals surface area contributed by atoms with Gasteiger partial charge in [0.05, 0.1) is 6.61 Å². The van der Waals surface area contributed by atoms with Gasteiger partial charge in [-0.05, 0) is 60.5 Å². The van der Waals surface area contributed by atoms with E-state index in [2.05, 4.69) is 22.8 Å². The first-order chi connectivity index (χ1) is 14.7. The van der Waals surface area contributed by atoms with Crippen molar-refractivity contribution in [2.75, 3.05) is 18.5 Å². The van der Waals surface area contributed by atoms with Crippen molar-refractivity contribution in [2.24, 2.45) is 0 Å². The van der Waals surface area contributed by atoms with Crippen molar-refractivity contribution in [3.05, 3.63) is 95.6 Å². The quantitative estimate of drug-likeness (QED) is 0.545. The molecule has 3 rings (SSSR count).